The first-order valence-corrected chi connectivity index (χ1v) is 9.63. The van der Waals surface area contributed by atoms with Gasteiger partial charge in [-0.2, -0.15) is 5.26 Å². The largest absolute Gasteiger partial charge is 0.323 e. The lowest BCUT2D eigenvalue weighted by Gasteiger charge is -2.34. The number of aromatic nitrogens is 3. The molecule has 0 unspecified atom stereocenters. The quantitative estimate of drug-likeness (QED) is 0.710. The van der Waals surface area contributed by atoms with Crippen LogP contribution >= 0.6 is 0 Å². The maximum Gasteiger partial charge on any atom is 0.113 e. The van der Waals surface area contributed by atoms with E-state index in [1.807, 2.05) is 24.4 Å². The Morgan fingerprint density at radius 3 is 2.85 bits per heavy atom. The fraction of sp³-hybridized carbons (Fsp3) is 0.476. The van der Waals surface area contributed by atoms with E-state index >= 15 is 0 Å². The van der Waals surface area contributed by atoms with Gasteiger partial charge in [0.25, 0.3) is 0 Å². The first kappa shape index (κ1) is 16.6. The molecule has 27 heavy (non-hydrogen) atoms. The van der Waals surface area contributed by atoms with Crippen LogP contribution in [0.5, 0.6) is 0 Å². The highest BCUT2D eigenvalue weighted by Crippen LogP contribution is 2.44. The lowest BCUT2D eigenvalue weighted by atomic mass is 9.75. The number of rotatable bonds is 3. The van der Waals surface area contributed by atoms with Gasteiger partial charge in [-0.25, -0.2) is 4.98 Å². The van der Waals surface area contributed by atoms with Gasteiger partial charge >= 0.3 is 0 Å². The monoisotopic (exact) mass is 363 g/mol. The van der Waals surface area contributed by atoms with Crippen molar-refractivity contribution in [3.05, 3.63) is 35.8 Å². The van der Waals surface area contributed by atoms with E-state index in [-0.39, 0.29) is 12.6 Å². The molecular formula is C21H22FN5. The number of nitrogens with zero attached hydrogens (tertiary/aromatic N) is 5. The average molecular weight is 363 g/mol. The van der Waals surface area contributed by atoms with Crippen LogP contribution in [0.2, 0.25) is 0 Å². The first-order valence-electron chi connectivity index (χ1n) is 9.63. The minimum absolute atomic E-state index is 0.176. The number of likely N-dealkylation sites (N-methyl/N-ethyl adjacent to an activating group) is 1. The number of halogens is 1. The van der Waals surface area contributed by atoms with Gasteiger partial charge in [0.05, 0.1) is 35.5 Å². The first-order chi connectivity index (χ1) is 13.2. The number of hydrogen-bond acceptors (Lipinski definition) is 4. The summed E-state index contributed by atoms with van der Waals surface area (Å²) >= 11 is 0. The second kappa shape index (κ2) is 6.28. The summed E-state index contributed by atoms with van der Waals surface area (Å²) in [6, 6.07) is 8.24. The molecule has 5 nitrogen and oxygen atoms in total. The Labute approximate surface area is 157 Å². The summed E-state index contributed by atoms with van der Waals surface area (Å²) in [6.07, 6.45) is 4.66. The Kier molecular flexibility index (Phi) is 3.87. The molecule has 0 bridgehead atoms. The van der Waals surface area contributed by atoms with Crippen molar-refractivity contribution in [2.24, 2.45) is 5.92 Å². The highest BCUT2D eigenvalue weighted by molar-refractivity contribution is 6.03. The number of hydrogen-bond donors (Lipinski definition) is 0. The molecule has 1 aliphatic carbocycles. The van der Waals surface area contributed by atoms with Crippen LogP contribution in [0.1, 0.15) is 42.6 Å². The third-order valence-electron chi connectivity index (χ3n) is 6.22. The van der Waals surface area contributed by atoms with Crippen LogP contribution in [0.3, 0.4) is 0 Å². The van der Waals surface area contributed by atoms with Gasteiger partial charge in [0.15, 0.2) is 0 Å². The van der Waals surface area contributed by atoms with Crippen molar-refractivity contribution in [3.8, 4) is 6.07 Å². The maximum atomic E-state index is 13.0. The van der Waals surface area contributed by atoms with Gasteiger partial charge in [0.2, 0.25) is 0 Å². The molecule has 2 aromatic heterocycles. The molecule has 1 aliphatic heterocycles. The molecule has 3 aromatic rings. The van der Waals surface area contributed by atoms with E-state index in [9.17, 15) is 9.65 Å². The van der Waals surface area contributed by atoms with Gasteiger partial charge in [-0.3, -0.25) is 9.37 Å². The van der Waals surface area contributed by atoms with Gasteiger partial charge in [-0.05, 0) is 57.0 Å². The van der Waals surface area contributed by atoms with E-state index in [4.69, 9.17) is 4.98 Å². The normalized spacial score (nSPS) is 25.7. The van der Waals surface area contributed by atoms with Crippen LogP contribution in [-0.4, -0.2) is 46.2 Å². The summed E-state index contributed by atoms with van der Waals surface area (Å²) in [5, 5.41) is 10.3. The molecule has 0 radical (unpaired) electrons. The highest BCUT2D eigenvalue weighted by Gasteiger charge is 2.36. The average Bonchev–Trinajstić information content (AvgIpc) is 3.23. The molecule has 1 aromatic carbocycles. The second-order valence-electron chi connectivity index (χ2n) is 8.07. The van der Waals surface area contributed by atoms with Crippen LogP contribution in [-0.2, 0) is 0 Å². The second-order valence-corrected chi connectivity index (χ2v) is 8.07. The van der Waals surface area contributed by atoms with Crippen molar-refractivity contribution < 1.29 is 4.39 Å². The third-order valence-corrected chi connectivity index (χ3v) is 6.22. The molecule has 6 heteroatoms. The third kappa shape index (κ3) is 2.61. The zero-order chi connectivity index (χ0) is 18.5. The highest BCUT2D eigenvalue weighted by atomic mass is 19.1. The Morgan fingerprint density at radius 1 is 1.30 bits per heavy atom. The molecule has 0 spiro atoms. The van der Waals surface area contributed by atoms with Crippen LogP contribution in [0.15, 0.2) is 24.4 Å². The van der Waals surface area contributed by atoms with E-state index < -0.39 is 0 Å². The van der Waals surface area contributed by atoms with Crippen LogP contribution in [0, 0.1) is 17.2 Å². The van der Waals surface area contributed by atoms with Gasteiger partial charge in [-0.1, -0.05) is 0 Å². The molecule has 0 N–H and O–H groups in total. The lowest BCUT2D eigenvalue weighted by Crippen LogP contribution is -2.27. The Bertz CT molecular complexity index is 1060. The van der Waals surface area contributed by atoms with Crippen LogP contribution in [0.25, 0.3) is 21.9 Å². The van der Waals surface area contributed by atoms with E-state index in [0.717, 1.165) is 60.1 Å². The molecule has 2 fully saturated rings. The number of alkyl halides is 1. The number of nitriles is 1. The SMILES string of the molecule is CN1CC[C@@H](n2c(C3CC(CF)C3)nc3cnc4ccc(C#N)cc4c32)C1. The van der Waals surface area contributed by atoms with Crippen LogP contribution < -0.4 is 0 Å². The molecule has 1 atom stereocenters. The number of benzene rings is 1. The smallest absolute Gasteiger partial charge is 0.113 e. The summed E-state index contributed by atoms with van der Waals surface area (Å²) in [6.45, 7) is 1.81. The summed E-state index contributed by atoms with van der Waals surface area (Å²) in [7, 11) is 2.15. The predicted molar refractivity (Wildman–Crippen MR) is 102 cm³/mol. The number of fused-ring (bicyclic) bond motifs is 3. The standard InChI is InChI=1S/C21H22FN5/c1-26-5-4-16(12-26)27-20-17-8-13(10-23)2-3-18(17)24-11-19(20)25-21(27)15-6-14(7-15)9-22/h2-3,8,11,14-16H,4-7,9,12H2,1H3/t14?,15?,16-/m1/s1. The van der Waals surface area contributed by atoms with Crippen molar-refractivity contribution in [1.29, 1.82) is 5.26 Å². The van der Waals surface area contributed by atoms with Crippen molar-refractivity contribution in [3.63, 3.8) is 0 Å². The Hall–Kier alpha value is -2.52. The lowest BCUT2D eigenvalue weighted by molar-refractivity contribution is 0.197. The van der Waals surface area contributed by atoms with Crippen molar-refractivity contribution in [2.45, 2.75) is 31.2 Å². The zero-order valence-electron chi connectivity index (χ0n) is 15.4. The van der Waals surface area contributed by atoms with Gasteiger partial charge in [0.1, 0.15) is 11.3 Å². The molecule has 1 saturated heterocycles. The molecule has 3 heterocycles. The minimum Gasteiger partial charge on any atom is -0.323 e. The summed E-state index contributed by atoms with van der Waals surface area (Å²) in [4.78, 5) is 11.9. The molecule has 138 valence electrons. The minimum atomic E-state index is -0.237. The van der Waals surface area contributed by atoms with Crippen molar-refractivity contribution in [1.82, 2.24) is 19.4 Å². The summed E-state index contributed by atoms with van der Waals surface area (Å²) in [5.74, 6) is 1.57. The van der Waals surface area contributed by atoms with E-state index in [2.05, 4.69) is 27.6 Å². The molecular weight excluding hydrogens is 341 g/mol. The molecule has 5 rings (SSSR count). The van der Waals surface area contributed by atoms with Crippen molar-refractivity contribution in [2.75, 3.05) is 26.8 Å². The Morgan fingerprint density at radius 2 is 2.15 bits per heavy atom. The summed E-state index contributed by atoms with van der Waals surface area (Å²) in [5.41, 5.74) is 3.48. The van der Waals surface area contributed by atoms with Crippen molar-refractivity contribution >= 4 is 21.9 Å². The number of likely N-dealkylation sites (tertiary alicyclic amines) is 1. The number of imidazole rings is 1. The van der Waals surface area contributed by atoms with E-state index in [0.29, 0.717) is 17.5 Å². The van der Waals surface area contributed by atoms with Gasteiger partial charge < -0.3 is 9.47 Å². The maximum absolute atomic E-state index is 13.0. The predicted octanol–water partition coefficient (Wildman–Crippen LogP) is 3.80. The molecule has 2 aliphatic rings. The van der Waals surface area contributed by atoms with E-state index in [1.54, 1.807) is 0 Å². The topological polar surface area (TPSA) is 57.7 Å². The number of pyridine rings is 1. The zero-order valence-corrected chi connectivity index (χ0v) is 15.4. The van der Waals surface area contributed by atoms with Crippen LogP contribution in [0.4, 0.5) is 4.39 Å². The molecule has 1 saturated carbocycles. The van der Waals surface area contributed by atoms with Gasteiger partial charge in [0, 0.05) is 23.9 Å². The molecule has 0 amide bonds. The van der Waals surface area contributed by atoms with Gasteiger partial charge in [-0.15, -0.1) is 0 Å². The summed E-state index contributed by atoms with van der Waals surface area (Å²) < 4.78 is 15.4. The fourth-order valence-electron chi connectivity index (χ4n) is 4.72. The fourth-order valence-corrected chi connectivity index (χ4v) is 4.72. The Balaban J connectivity index is 1.74. The van der Waals surface area contributed by atoms with E-state index in [1.165, 1.54) is 0 Å².